The first-order valence-electron chi connectivity index (χ1n) is 4.78. The first kappa shape index (κ1) is 8.75. The molecule has 0 aliphatic heterocycles. The standard InChI is InChI=1S/C10H16N2O/c1-7-5-8(12-13-7)6-9(11)10(2)3-4-10/h5,9H,3-4,6,11H2,1-2H3. The predicted octanol–water partition coefficient (Wildman–Crippen LogP) is 1.65. The number of rotatable bonds is 3. The molecule has 0 aromatic carbocycles. The molecule has 1 fully saturated rings. The molecular formula is C10H16N2O. The zero-order valence-corrected chi connectivity index (χ0v) is 8.21. The summed E-state index contributed by atoms with van der Waals surface area (Å²) >= 11 is 0. The maximum Gasteiger partial charge on any atom is 0.133 e. The Morgan fingerprint density at radius 1 is 1.69 bits per heavy atom. The Bertz CT molecular complexity index is 302. The molecule has 3 nitrogen and oxygen atoms in total. The smallest absolute Gasteiger partial charge is 0.133 e. The molecule has 1 atom stereocenters. The summed E-state index contributed by atoms with van der Waals surface area (Å²) in [5.41, 5.74) is 7.43. The van der Waals surface area contributed by atoms with Gasteiger partial charge in [-0.15, -0.1) is 0 Å². The number of hydrogen-bond acceptors (Lipinski definition) is 3. The van der Waals surface area contributed by atoms with Crippen molar-refractivity contribution in [3.05, 3.63) is 17.5 Å². The lowest BCUT2D eigenvalue weighted by Crippen LogP contribution is -2.31. The van der Waals surface area contributed by atoms with E-state index in [-0.39, 0.29) is 6.04 Å². The zero-order valence-electron chi connectivity index (χ0n) is 8.21. The molecule has 1 unspecified atom stereocenters. The molecule has 0 amide bonds. The highest BCUT2D eigenvalue weighted by molar-refractivity contribution is 5.09. The van der Waals surface area contributed by atoms with Gasteiger partial charge < -0.3 is 10.3 Å². The number of aromatic nitrogens is 1. The summed E-state index contributed by atoms with van der Waals surface area (Å²) in [6.45, 7) is 4.14. The number of nitrogens with two attached hydrogens (primary N) is 1. The van der Waals surface area contributed by atoms with Crippen LogP contribution in [0.2, 0.25) is 0 Å². The second kappa shape index (κ2) is 2.84. The van der Waals surface area contributed by atoms with E-state index < -0.39 is 0 Å². The lowest BCUT2D eigenvalue weighted by Gasteiger charge is -2.16. The van der Waals surface area contributed by atoms with Crippen molar-refractivity contribution in [1.82, 2.24) is 5.16 Å². The molecule has 1 aliphatic rings. The third-order valence-corrected chi connectivity index (χ3v) is 3.04. The highest BCUT2D eigenvalue weighted by Crippen LogP contribution is 2.47. The van der Waals surface area contributed by atoms with Crippen molar-refractivity contribution in [3.63, 3.8) is 0 Å². The molecule has 3 heteroatoms. The van der Waals surface area contributed by atoms with Crippen molar-refractivity contribution in [2.24, 2.45) is 11.1 Å². The molecule has 1 aromatic rings. The summed E-state index contributed by atoms with van der Waals surface area (Å²) in [4.78, 5) is 0. The van der Waals surface area contributed by atoms with Crippen molar-refractivity contribution in [2.45, 2.75) is 39.2 Å². The van der Waals surface area contributed by atoms with Crippen molar-refractivity contribution in [1.29, 1.82) is 0 Å². The largest absolute Gasteiger partial charge is 0.361 e. The number of nitrogens with zero attached hydrogens (tertiary/aromatic N) is 1. The quantitative estimate of drug-likeness (QED) is 0.769. The molecular weight excluding hydrogens is 164 g/mol. The molecule has 2 N–H and O–H groups in total. The first-order valence-corrected chi connectivity index (χ1v) is 4.78. The predicted molar refractivity (Wildman–Crippen MR) is 50.3 cm³/mol. The van der Waals surface area contributed by atoms with Crippen LogP contribution in [0.3, 0.4) is 0 Å². The lowest BCUT2D eigenvalue weighted by atomic mass is 9.95. The molecule has 1 heterocycles. The van der Waals surface area contributed by atoms with Crippen LogP contribution in [0.5, 0.6) is 0 Å². The fourth-order valence-electron chi connectivity index (χ4n) is 1.55. The highest BCUT2D eigenvalue weighted by Gasteiger charge is 2.43. The van der Waals surface area contributed by atoms with Crippen molar-refractivity contribution >= 4 is 0 Å². The molecule has 72 valence electrons. The van der Waals surface area contributed by atoms with Crippen LogP contribution >= 0.6 is 0 Å². The molecule has 1 saturated carbocycles. The average Bonchev–Trinajstić information content (AvgIpc) is 2.69. The minimum atomic E-state index is 0.233. The van der Waals surface area contributed by atoms with Crippen LogP contribution in [0.25, 0.3) is 0 Å². The third-order valence-electron chi connectivity index (χ3n) is 3.04. The van der Waals surface area contributed by atoms with Crippen LogP contribution in [0.4, 0.5) is 0 Å². The summed E-state index contributed by atoms with van der Waals surface area (Å²) in [5, 5.41) is 3.94. The van der Waals surface area contributed by atoms with Crippen molar-refractivity contribution in [2.75, 3.05) is 0 Å². The van der Waals surface area contributed by atoms with E-state index in [1.165, 1.54) is 12.8 Å². The minimum Gasteiger partial charge on any atom is -0.361 e. The molecule has 1 aromatic heterocycles. The fraction of sp³-hybridized carbons (Fsp3) is 0.700. The second-order valence-electron chi connectivity index (χ2n) is 4.39. The Labute approximate surface area is 78.3 Å². The normalized spacial score (nSPS) is 21.5. The van der Waals surface area contributed by atoms with E-state index in [2.05, 4.69) is 12.1 Å². The molecule has 0 saturated heterocycles. The third kappa shape index (κ3) is 1.75. The molecule has 2 rings (SSSR count). The zero-order chi connectivity index (χ0) is 9.47. The van der Waals surface area contributed by atoms with Gasteiger partial charge in [-0.05, 0) is 25.2 Å². The van der Waals surface area contributed by atoms with E-state index in [0.29, 0.717) is 5.41 Å². The van der Waals surface area contributed by atoms with Gasteiger partial charge in [0.1, 0.15) is 5.76 Å². The van der Waals surface area contributed by atoms with Gasteiger partial charge in [0.25, 0.3) is 0 Å². The maximum absolute atomic E-state index is 6.07. The monoisotopic (exact) mass is 180 g/mol. The van der Waals surface area contributed by atoms with Crippen molar-refractivity contribution in [3.8, 4) is 0 Å². The van der Waals surface area contributed by atoms with Gasteiger partial charge in [-0.3, -0.25) is 0 Å². The van der Waals surface area contributed by atoms with Crippen LogP contribution in [-0.2, 0) is 6.42 Å². The molecule has 0 spiro atoms. The van der Waals surface area contributed by atoms with Gasteiger partial charge in [0.15, 0.2) is 0 Å². The summed E-state index contributed by atoms with van der Waals surface area (Å²) in [6.07, 6.45) is 3.35. The Balaban J connectivity index is 1.98. The van der Waals surface area contributed by atoms with Gasteiger partial charge in [-0.2, -0.15) is 0 Å². The lowest BCUT2D eigenvalue weighted by molar-refractivity contribution is 0.376. The summed E-state index contributed by atoms with van der Waals surface area (Å²) < 4.78 is 4.99. The van der Waals surface area contributed by atoms with Gasteiger partial charge in [0.2, 0.25) is 0 Å². The van der Waals surface area contributed by atoms with Gasteiger partial charge in [-0.25, -0.2) is 0 Å². The van der Waals surface area contributed by atoms with Gasteiger partial charge in [-0.1, -0.05) is 12.1 Å². The number of hydrogen-bond donors (Lipinski definition) is 1. The van der Waals surface area contributed by atoms with Crippen LogP contribution in [0.15, 0.2) is 10.6 Å². The van der Waals surface area contributed by atoms with Crippen molar-refractivity contribution < 1.29 is 4.52 Å². The summed E-state index contributed by atoms with van der Waals surface area (Å²) in [6, 6.07) is 2.20. The van der Waals surface area contributed by atoms with Crippen LogP contribution < -0.4 is 5.73 Å². The SMILES string of the molecule is Cc1cc(CC(N)C2(C)CC2)no1. The molecule has 13 heavy (non-hydrogen) atoms. The number of aryl methyl sites for hydroxylation is 1. The van der Waals surface area contributed by atoms with Crippen LogP contribution in [0, 0.1) is 12.3 Å². The molecule has 0 bridgehead atoms. The Hall–Kier alpha value is -0.830. The average molecular weight is 180 g/mol. The Kier molecular flexibility index (Phi) is 1.91. The van der Waals surface area contributed by atoms with Gasteiger partial charge in [0, 0.05) is 18.5 Å². The van der Waals surface area contributed by atoms with Crippen LogP contribution in [-0.4, -0.2) is 11.2 Å². The van der Waals surface area contributed by atoms with E-state index in [4.69, 9.17) is 10.3 Å². The van der Waals surface area contributed by atoms with E-state index in [1.807, 2.05) is 13.0 Å². The minimum absolute atomic E-state index is 0.233. The fourth-order valence-corrected chi connectivity index (χ4v) is 1.55. The van der Waals surface area contributed by atoms with E-state index in [0.717, 1.165) is 17.9 Å². The first-order chi connectivity index (χ1) is 6.10. The second-order valence-corrected chi connectivity index (χ2v) is 4.39. The molecule has 1 aliphatic carbocycles. The molecule has 0 radical (unpaired) electrons. The summed E-state index contributed by atoms with van der Waals surface area (Å²) in [7, 11) is 0. The highest BCUT2D eigenvalue weighted by atomic mass is 16.5. The van der Waals surface area contributed by atoms with Gasteiger partial charge >= 0.3 is 0 Å². The van der Waals surface area contributed by atoms with E-state index in [9.17, 15) is 0 Å². The van der Waals surface area contributed by atoms with E-state index >= 15 is 0 Å². The Morgan fingerprint density at radius 2 is 2.38 bits per heavy atom. The van der Waals surface area contributed by atoms with Gasteiger partial charge in [0.05, 0.1) is 5.69 Å². The maximum atomic E-state index is 6.07. The van der Waals surface area contributed by atoms with Crippen LogP contribution in [0.1, 0.15) is 31.2 Å². The Morgan fingerprint density at radius 3 is 2.85 bits per heavy atom. The summed E-state index contributed by atoms with van der Waals surface area (Å²) in [5.74, 6) is 0.864. The topological polar surface area (TPSA) is 52.0 Å². The van der Waals surface area contributed by atoms with E-state index in [1.54, 1.807) is 0 Å².